The molecular formula is C15H20N2O4. The molecular weight excluding hydrogens is 272 g/mol. The van der Waals surface area contributed by atoms with Crippen LogP contribution < -0.4 is 0 Å². The summed E-state index contributed by atoms with van der Waals surface area (Å²) >= 11 is 0. The third kappa shape index (κ3) is 4.19. The number of carbonyl (C=O) groups is 2. The van der Waals surface area contributed by atoms with Gasteiger partial charge in [-0.1, -0.05) is 0 Å². The summed E-state index contributed by atoms with van der Waals surface area (Å²) in [6.07, 6.45) is -0.290. The van der Waals surface area contributed by atoms with Crippen LogP contribution in [0.4, 0.5) is 4.79 Å². The second kappa shape index (κ2) is 7.08. The molecule has 1 N–H and O–H groups in total. The first kappa shape index (κ1) is 15.3. The maximum absolute atomic E-state index is 12.1. The van der Waals surface area contributed by atoms with Gasteiger partial charge in [-0.15, -0.1) is 0 Å². The van der Waals surface area contributed by atoms with E-state index in [0.717, 1.165) is 0 Å². The van der Waals surface area contributed by atoms with Crippen molar-refractivity contribution in [2.24, 2.45) is 0 Å². The molecule has 1 fully saturated rings. The Balaban J connectivity index is 1.82. The molecule has 0 spiro atoms. The molecule has 2 rings (SSSR count). The third-order valence-corrected chi connectivity index (χ3v) is 3.45. The van der Waals surface area contributed by atoms with Gasteiger partial charge in [0.15, 0.2) is 5.78 Å². The number of nitrogens with zero attached hydrogens (tertiary/aromatic N) is 2. The highest BCUT2D eigenvalue weighted by atomic mass is 16.6. The fourth-order valence-corrected chi connectivity index (χ4v) is 2.25. The number of hydrogen-bond acceptors (Lipinski definition) is 5. The predicted octanol–water partition coefficient (Wildman–Crippen LogP) is 1.35. The Labute approximate surface area is 123 Å². The number of aromatic hydroxyl groups is 1. The zero-order valence-electron chi connectivity index (χ0n) is 12.1. The van der Waals surface area contributed by atoms with E-state index in [1.807, 2.05) is 4.90 Å². The molecule has 0 radical (unpaired) electrons. The highest BCUT2D eigenvalue weighted by Crippen LogP contribution is 2.11. The molecule has 21 heavy (non-hydrogen) atoms. The molecule has 1 aromatic rings. The van der Waals surface area contributed by atoms with E-state index in [4.69, 9.17) is 4.74 Å². The number of amides is 1. The lowest BCUT2D eigenvalue weighted by molar-refractivity contribution is 0.0733. The molecule has 1 saturated heterocycles. The van der Waals surface area contributed by atoms with Crippen molar-refractivity contribution in [3.8, 4) is 5.75 Å². The van der Waals surface area contributed by atoms with E-state index >= 15 is 0 Å². The SMILES string of the molecule is CCOC(=O)N1CCN(CC(=O)c2ccc(O)cc2)CC1. The first-order chi connectivity index (χ1) is 10.1. The molecule has 0 unspecified atom stereocenters. The van der Waals surface area contributed by atoms with Crippen LogP contribution in [0.15, 0.2) is 24.3 Å². The van der Waals surface area contributed by atoms with Crippen LogP contribution in [0.2, 0.25) is 0 Å². The number of carbonyl (C=O) groups excluding carboxylic acids is 2. The van der Waals surface area contributed by atoms with E-state index < -0.39 is 0 Å². The molecule has 0 aliphatic carbocycles. The molecule has 1 aliphatic heterocycles. The molecule has 1 heterocycles. The predicted molar refractivity (Wildman–Crippen MR) is 77.5 cm³/mol. The third-order valence-electron chi connectivity index (χ3n) is 3.45. The van der Waals surface area contributed by atoms with Gasteiger partial charge >= 0.3 is 6.09 Å². The monoisotopic (exact) mass is 292 g/mol. The lowest BCUT2D eigenvalue weighted by Gasteiger charge is -2.33. The fourth-order valence-electron chi connectivity index (χ4n) is 2.25. The highest BCUT2D eigenvalue weighted by Gasteiger charge is 2.23. The summed E-state index contributed by atoms with van der Waals surface area (Å²) in [5, 5.41) is 9.21. The van der Waals surface area contributed by atoms with E-state index in [0.29, 0.717) is 44.9 Å². The Kier molecular flexibility index (Phi) is 5.16. The average molecular weight is 292 g/mol. The number of Topliss-reactive ketones (excluding diaryl/α,β-unsaturated/α-hetero) is 1. The van der Waals surface area contributed by atoms with Crippen LogP contribution in [0.5, 0.6) is 5.75 Å². The minimum Gasteiger partial charge on any atom is -0.508 e. The maximum Gasteiger partial charge on any atom is 0.409 e. The van der Waals surface area contributed by atoms with Gasteiger partial charge in [0.1, 0.15) is 5.75 Å². The van der Waals surface area contributed by atoms with E-state index in [-0.39, 0.29) is 17.6 Å². The van der Waals surface area contributed by atoms with Crippen molar-refractivity contribution in [1.82, 2.24) is 9.80 Å². The molecule has 6 nitrogen and oxygen atoms in total. The van der Waals surface area contributed by atoms with Crippen molar-refractivity contribution in [3.05, 3.63) is 29.8 Å². The number of ether oxygens (including phenoxy) is 1. The van der Waals surface area contributed by atoms with Gasteiger partial charge in [0, 0.05) is 31.7 Å². The summed E-state index contributed by atoms with van der Waals surface area (Å²) in [5.74, 6) is 0.161. The van der Waals surface area contributed by atoms with Gasteiger partial charge in [-0.3, -0.25) is 9.69 Å². The summed E-state index contributed by atoms with van der Waals surface area (Å²) in [6.45, 7) is 4.93. The molecule has 1 amide bonds. The summed E-state index contributed by atoms with van der Waals surface area (Å²) in [6, 6.07) is 6.25. The Hall–Kier alpha value is -2.08. The Morgan fingerprint density at radius 1 is 1.14 bits per heavy atom. The summed E-state index contributed by atoms with van der Waals surface area (Å²) in [7, 11) is 0. The number of piperazine rings is 1. The zero-order chi connectivity index (χ0) is 15.2. The van der Waals surface area contributed by atoms with Gasteiger partial charge in [-0.05, 0) is 31.2 Å². The molecule has 0 atom stereocenters. The van der Waals surface area contributed by atoms with Crippen molar-refractivity contribution in [1.29, 1.82) is 0 Å². The van der Waals surface area contributed by atoms with E-state index in [1.54, 1.807) is 24.0 Å². The van der Waals surface area contributed by atoms with E-state index in [9.17, 15) is 14.7 Å². The van der Waals surface area contributed by atoms with Crippen molar-refractivity contribution in [2.75, 3.05) is 39.3 Å². The van der Waals surface area contributed by atoms with Gasteiger partial charge in [-0.2, -0.15) is 0 Å². The van der Waals surface area contributed by atoms with Gasteiger partial charge in [0.05, 0.1) is 13.2 Å². The van der Waals surface area contributed by atoms with Crippen LogP contribution in [0.1, 0.15) is 17.3 Å². The molecule has 1 aliphatic rings. The number of phenols is 1. The Morgan fingerprint density at radius 2 is 1.76 bits per heavy atom. The van der Waals surface area contributed by atoms with Crippen molar-refractivity contribution < 1.29 is 19.4 Å². The molecule has 114 valence electrons. The lowest BCUT2D eigenvalue weighted by Crippen LogP contribution is -2.50. The van der Waals surface area contributed by atoms with Crippen LogP contribution in [0.25, 0.3) is 0 Å². The van der Waals surface area contributed by atoms with Crippen LogP contribution in [0.3, 0.4) is 0 Å². The molecule has 0 bridgehead atoms. The summed E-state index contributed by atoms with van der Waals surface area (Å²) in [4.78, 5) is 27.4. The number of benzene rings is 1. The van der Waals surface area contributed by atoms with Crippen LogP contribution in [0, 0.1) is 0 Å². The van der Waals surface area contributed by atoms with Crippen molar-refractivity contribution in [2.45, 2.75) is 6.92 Å². The topological polar surface area (TPSA) is 70.1 Å². The van der Waals surface area contributed by atoms with Crippen LogP contribution in [-0.4, -0.2) is 66.1 Å². The van der Waals surface area contributed by atoms with E-state index in [1.165, 1.54) is 12.1 Å². The minimum atomic E-state index is -0.290. The first-order valence-corrected chi connectivity index (χ1v) is 7.06. The van der Waals surface area contributed by atoms with Gasteiger partial charge < -0.3 is 14.7 Å². The largest absolute Gasteiger partial charge is 0.508 e. The molecule has 6 heteroatoms. The van der Waals surface area contributed by atoms with Crippen LogP contribution in [-0.2, 0) is 4.74 Å². The normalized spacial score (nSPS) is 15.8. The number of hydrogen-bond donors (Lipinski definition) is 1. The number of ketones is 1. The first-order valence-electron chi connectivity index (χ1n) is 7.06. The zero-order valence-corrected chi connectivity index (χ0v) is 12.1. The second-order valence-corrected chi connectivity index (χ2v) is 4.93. The number of phenolic OH excluding ortho intramolecular Hbond substituents is 1. The van der Waals surface area contributed by atoms with Gasteiger partial charge in [0.2, 0.25) is 0 Å². The minimum absolute atomic E-state index is 0.0135. The lowest BCUT2D eigenvalue weighted by atomic mass is 10.1. The molecule has 0 saturated carbocycles. The van der Waals surface area contributed by atoms with Gasteiger partial charge in [-0.25, -0.2) is 4.79 Å². The van der Waals surface area contributed by atoms with E-state index in [2.05, 4.69) is 0 Å². The maximum atomic E-state index is 12.1. The van der Waals surface area contributed by atoms with Crippen molar-refractivity contribution >= 4 is 11.9 Å². The quantitative estimate of drug-likeness (QED) is 0.848. The molecule has 1 aromatic carbocycles. The Bertz CT molecular complexity index is 493. The summed E-state index contributed by atoms with van der Waals surface area (Å²) in [5.41, 5.74) is 0.584. The second-order valence-electron chi connectivity index (χ2n) is 4.93. The standard InChI is InChI=1S/C15H20N2O4/c1-2-21-15(20)17-9-7-16(8-10-17)11-14(19)12-3-5-13(18)6-4-12/h3-6,18H,2,7-11H2,1H3. The smallest absolute Gasteiger partial charge is 0.409 e. The number of rotatable bonds is 4. The van der Waals surface area contributed by atoms with Crippen LogP contribution >= 0.6 is 0 Å². The molecule has 0 aromatic heterocycles. The Morgan fingerprint density at radius 3 is 2.33 bits per heavy atom. The highest BCUT2D eigenvalue weighted by molar-refractivity contribution is 5.97. The fraction of sp³-hybridized carbons (Fsp3) is 0.467. The van der Waals surface area contributed by atoms with Crippen molar-refractivity contribution in [3.63, 3.8) is 0 Å². The average Bonchev–Trinajstić information content (AvgIpc) is 2.49. The summed E-state index contributed by atoms with van der Waals surface area (Å²) < 4.78 is 4.96. The van der Waals surface area contributed by atoms with Gasteiger partial charge in [0.25, 0.3) is 0 Å².